The Bertz CT molecular complexity index is 384. The Balaban J connectivity index is 1.86. The average Bonchev–Trinajstić information content (AvgIpc) is 2.44. The first-order valence-electron chi connectivity index (χ1n) is 7.66. The van der Waals surface area contributed by atoms with E-state index in [1.54, 1.807) is 4.67 Å². The van der Waals surface area contributed by atoms with Crippen LogP contribution >= 0.6 is 7.44 Å². The Hall–Kier alpha value is -0.0100. The van der Waals surface area contributed by atoms with Crippen LogP contribution in [-0.4, -0.2) is 73.1 Å². The predicted molar refractivity (Wildman–Crippen MR) is 81.5 cm³/mol. The molecule has 4 N–H and O–H groups in total. The molecule has 2 fully saturated rings. The molecular weight excluding hydrogens is 293 g/mol. The Morgan fingerprint density at radius 1 is 1.24 bits per heavy atom. The Morgan fingerprint density at radius 2 is 1.95 bits per heavy atom. The molecule has 124 valence electrons. The van der Waals surface area contributed by atoms with Gasteiger partial charge in [0.1, 0.15) is 0 Å². The van der Waals surface area contributed by atoms with Crippen molar-refractivity contribution in [3.05, 3.63) is 0 Å². The van der Waals surface area contributed by atoms with E-state index in [1.807, 2.05) is 13.8 Å². The van der Waals surface area contributed by atoms with Gasteiger partial charge >= 0.3 is 0 Å². The summed E-state index contributed by atoms with van der Waals surface area (Å²) in [7, 11) is -2.91. The summed E-state index contributed by atoms with van der Waals surface area (Å²) in [5.41, 5.74) is 6.09. The number of ether oxygens (including phenoxy) is 2. The summed E-state index contributed by atoms with van der Waals surface area (Å²) < 4.78 is 26.0. The normalized spacial score (nSPS) is 38.1. The second kappa shape index (κ2) is 7.51. The Morgan fingerprint density at radius 3 is 2.62 bits per heavy atom. The lowest BCUT2D eigenvalue weighted by atomic mass is 10.2. The number of rotatable bonds is 5. The van der Waals surface area contributed by atoms with E-state index in [0.29, 0.717) is 25.7 Å². The lowest BCUT2D eigenvalue weighted by Gasteiger charge is -2.39. The van der Waals surface area contributed by atoms with Gasteiger partial charge in [-0.05, 0) is 20.3 Å². The molecule has 8 heteroatoms. The van der Waals surface area contributed by atoms with Gasteiger partial charge in [-0.25, -0.2) is 4.67 Å². The quantitative estimate of drug-likeness (QED) is 0.613. The average molecular weight is 321 g/mol. The number of morpholine rings is 2. The second-order valence-electron chi connectivity index (χ2n) is 6.12. The van der Waals surface area contributed by atoms with Gasteiger partial charge in [-0.15, -0.1) is 0 Å². The third-order valence-corrected chi connectivity index (χ3v) is 6.17. The minimum atomic E-state index is -2.91. The molecule has 5 unspecified atom stereocenters. The number of nitrogens with one attached hydrogen (secondary N) is 1. The number of nitrogens with two attached hydrogens (primary N) is 1. The fraction of sp³-hybridized carbons (Fsp3) is 1.00. The molecule has 7 nitrogen and oxygen atoms in total. The van der Waals surface area contributed by atoms with Crippen LogP contribution in [0.1, 0.15) is 20.3 Å². The predicted octanol–water partition coefficient (Wildman–Crippen LogP) is -0.0132. The fourth-order valence-electron chi connectivity index (χ4n) is 2.91. The number of aliphatic hydroxyl groups is 1. The van der Waals surface area contributed by atoms with E-state index in [9.17, 15) is 9.67 Å². The number of nitrogens with zero attached hydrogens (tertiary/aromatic N) is 1. The molecule has 0 saturated carbocycles. The van der Waals surface area contributed by atoms with Crippen LogP contribution in [0.5, 0.6) is 0 Å². The molecule has 0 radical (unpaired) electrons. The largest absolute Gasteiger partial charge is 0.394 e. The number of aliphatic hydroxyl groups excluding tert-OH is 1. The molecule has 2 aliphatic rings. The molecular formula is C13H28N3O4P. The Labute approximate surface area is 126 Å². The highest BCUT2D eigenvalue weighted by Gasteiger charge is 2.35. The van der Waals surface area contributed by atoms with Crippen molar-refractivity contribution in [2.75, 3.05) is 38.9 Å². The van der Waals surface area contributed by atoms with Gasteiger partial charge in [0.25, 0.3) is 0 Å². The van der Waals surface area contributed by atoms with Gasteiger partial charge in [0, 0.05) is 32.3 Å². The maximum Gasteiger partial charge on any atom is 0.211 e. The molecule has 0 spiro atoms. The van der Waals surface area contributed by atoms with Crippen molar-refractivity contribution in [1.82, 2.24) is 9.99 Å². The SMILES string of the molecule is CC1CNCC(CCP(N)(=O)N2CC(C)OC(CO)C2)O1. The van der Waals surface area contributed by atoms with Crippen LogP contribution in [0.2, 0.25) is 0 Å². The first kappa shape index (κ1) is 17.3. The molecule has 0 aromatic carbocycles. The molecule has 2 heterocycles. The van der Waals surface area contributed by atoms with Crippen molar-refractivity contribution < 1.29 is 19.1 Å². The van der Waals surface area contributed by atoms with Crippen molar-refractivity contribution >= 4 is 7.44 Å². The van der Waals surface area contributed by atoms with Gasteiger partial charge in [-0.2, -0.15) is 0 Å². The van der Waals surface area contributed by atoms with Crippen LogP contribution < -0.4 is 10.8 Å². The van der Waals surface area contributed by atoms with Crippen LogP contribution in [0, 0.1) is 0 Å². The standard InChI is InChI=1S/C13H28N3O4P/c1-10-5-15-6-12(19-10)3-4-21(14,18)16-7-11(2)20-13(8-16)9-17/h10-13,15,17H,3-9H2,1-2H3,(H2,14,18). The summed E-state index contributed by atoms with van der Waals surface area (Å²) in [6.45, 7) is 6.47. The van der Waals surface area contributed by atoms with Gasteiger partial charge in [0.2, 0.25) is 7.44 Å². The summed E-state index contributed by atoms with van der Waals surface area (Å²) in [6.07, 6.45) is 0.983. The van der Waals surface area contributed by atoms with Crippen LogP contribution in [0.4, 0.5) is 0 Å². The maximum atomic E-state index is 12.8. The third-order valence-electron chi connectivity index (χ3n) is 3.99. The van der Waals surface area contributed by atoms with Crippen molar-refractivity contribution in [2.24, 2.45) is 5.50 Å². The summed E-state index contributed by atoms with van der Waals surface area (Å²) >= 11 is 0. The second-order valence-corrected chi connectivity index (χ2v) is 8.64. The van der Waals surface area contributed by atoms with Crippen molar-refractivity contribution in [2.45, 2.75) is 44.7 Å². The van der Waals surface area contributed by atoms with Crippen molar-refractivity contribution in [1.29, 1.82) is 0 Å². The molecule has 0 aromatic rings. The third kappa shape index (κ3) is 4.99. The van der Waals surface area contributed by atoms with E-state index in [4.69, 9.17) is 15.0 Å². The van der Waals surface area contributed by atoms with E-state index < -0.39 is 7.44 Å². The zero-order chi connectivity index (χ0) is 15.5. The molecule has 2 saturated heterocycles. The fourth-order valence-corrected chi connectivity index (χ4v) is 4.82. The summed E-state index contributed by atoms with van der Waals surface area (Å²) in [6, 6.07) is 0. The van der Waals surface area contributed by atoms with Gasteiger partial charge in [-0.1, -0.05) is 0 Å². The molecule has 0 bridgehead atoms. The highest BCUT2D eigenvalue weighted by atomic mass is 31.2. The highest BCUT2D eigenvalue weighted by molar-refractivity contribution is 7.59. The zero-order valence-electron chi connectivity index (χ0n) is 12.9. The molecule has 2 rings (SSSR count). The summed E-state index contributed by atoms with van der Waals surface area (Å²) in [5.74, 6) is 0. The van der Waals surface area contributed by atoms with Crippen LogP contribution in [-0.2, 0) is 14.0 Å². The van der Waals surface area contributed by atoms with Gasteiger partial charge in [0.15, 0.2) is 0 Å². The zero-order valence-corrected chi connectivity index (χ0v) is 13.8. The van der Waals surface area contributed by atoms with E-state index in [-0.39, 0.29) is 31.0 Å². The van der Waals surface area contributed by atoms with Crippen LogP contribution in [0.3, 0.4) is 0 Å². The van der Waals surface area contributed by atoms with Gasteiger partial charge in [0.05, 0.1) is 31.0 Å². The highest BCUT2D eigenvalue weighted by Crippen LogP contribution is 2.44. The van der Waals surface area contributed by atoms with E-state index in [1.165, 1.54) is 0 Å². The van der Waals surface area contributed by atoms with E-state index in [2.05, 4.69) is 5.32 Å². The maximum absolute atomic E-state index is 12.8. The first-order chi connectivity index (χ1) is 9.90. The van der Waals surface area contributed by atoms with Crippen molar-refractivity contribution in [3.8, 4) is 0 Å². The molecule has 0 amide bonds. The first-order valence-corrected chi connectivity index (χ1v) is 9.57. The minimum absolute atomic E-state index is 0.0673. The molecule has 5 atom stereocenters. The number of hydrogen-bond donors (Lipinski definition) is 3. The number of hydrogen-bond acceptors (Lipinski definition) is 5. The summed E-state index contributed by atoms with van der Waals surface area (Å²) in [5, 5.41) is 12.5. The summed E-state index contributed by atoms with van der Waals surface area (Å²) in [4.78, 5) is 0. The lowest BCUT2D eigenvalue weighted by molar-refractivity contribution is -0.0759. The monoisotopic (exact) mass is 321 g/mol. The van der Waals surface area contributed by atoms with Crippen LogP contribution in [0.15, 0.2) is 0 Å². The van der Waals surface area contributed by atoms with Crippen LogP contribution in [0.25, 0.3) is 0 Å². The van der Waals surface area contributed by atoms with Gasteiger partial charge < -0.3 is 19.9 Å². The molecule has 0 aromatic heterocycles. The van der Waals surface area contributed by atoms with E-state index in [0.717, 1.165) is 13.1 Å². The topological polar surface area (TPSA) is 97.1 Å². The smallest absolute Gasteiger partial charge is 0.211 e. The minimum Gasteiger partial charge on any atom is -0.394 e. The lowest BCUT2D eigenvalue weighted by Crippen LogP contribution is -2.48. The van der Waals surface area contributed by atoms with E-state index >= 15 is 0 Å². The van der Waals surface area contributed by atoms with Gasteiger partial charge in [-0.3, -0.25) is 10.1 Å². The molecule has 0 aliphatic carbocycles. The van der Waals surface area contributed by atoms with Crippen molar-refractivity contribution in [3.63, 3.8) is 0 Å². The molecule has 21 heavy (non-hydrogen) atoms. The molecule has 2 aliphatic heterocycles. The Kier molecular flexibility index (Phi) is 6.20.